The summed E-state index contributed by atoms with van der Waals surface area (Å²) in [6, 6.07) is 24.8. The Kier molecular flexibility index (Phi) is 9.91. The van der Waals surface area contributed by atoms with E-state index in [1.165, 1.54) is 11.8 Å². The molecule has 3 aromatic carbocycles. The van der Waals surface area contributed by atoms with Crippen molar-refractivity contribution in [1.29, 1.82) is 0 Å². The van der Waals surface area contributed by atoms with E-state index in [0.29, 0.717) is 35.8 Å². The number of sulfone groups is 1. The van der Waals surface area contributed by atoms with Gasteiger partial charge in [0, 0.05) is 44.9 Å². The molecule has 6 rings (SSSR count). The molecule has 0 N–H and O–H groups in total. The zero-order valence-electron chi connectivity index (χ0n) is 25.9. The minimum absolute atomic E-state index is 0. The van der Waals surface area contributed by atoms with Crippen LogP contribution in [0.4, 0.5) is 0 Å². The molecule has 2 amide bonds. The van der Waals surface area contributed by atoms with Gasteiger partial charge >= 0.3 is 0 Å². The summed E-state index contributed by atoms with van der Waals surface area (Å²) in [5.41, 5.74) is 2.48. The molecule has 0 aromatic heterocycles. The number of nitrogens with zero attached hydrogens (tertiary/aromatic N) is 3. The Morgan fingerprint density at radius 2 is 1.53 bits per heavy atom. The number of halogens is 1. The van der Waals surface area contributed by atoms with Gasteiger partial charge in [0.25, 0.3) is 5.91 Å². The molecule has 3 saturated heterocycles. The summed E-state index contributed by atoms with van der Waals surface area (Å²) < 4.78 is 29.1. The second-order valence-electron chi connectivity index (χ2n) is 12.7. The molecule has 2 unspecified atom stereocenters. The average molecular weight is 652 g/mol. The monoisotopic (exact) mass is 651 g/mol. The van der Waals surface area contributed by atoms with E-state index in [0.717, 1.165) is 51.0 Å². The number of rotatable bonds is 8. The van der Waals surface area contributed by atoms with Crippen molar-refractivity contribution in [3.63, 3.8) is 0 Å². The molecular formula is C35H42ClN3O5S. The topological polar surface area (TPSA) is 87.2 Å². The molecule has 0 bridgehead atoms. The van der Waals surface area contributed by atoms with Crippen molar-refractivity contribution in [1.82, 2.24) is 14.7 Å². The molecule has 1 spiro atoms. The summed E-state index contributed by atoms with van der Waals surface area (Å²) in [5, 5.41) is 0. The predicted molar refractivity (Wildman–Crippen MR) is 177 cm³/mol. The van der Waals surface area contributed by atoms with Gasteiger partial charge in [0.05, 0.1) is 23.0 Å². The molecule has 0 aliphatic carbocycles. The van der Waals surface area contributed by atoms with Crippen LogP contribution in [-0.2, 0) is 21.2 Å². The number of para-hydroxylation sites is 1. The standard InChI is InChI=1S/C35H41N3O5S.ClH/c1-43-32-11-7-6-10-30(32)33(39)38-24-28(31(25-38)27-8-4-3-5-9-27)23-36-19-16-35(17-20-36)18-21-37(34(35)40)22-26-12-14-29(15-13-26)44(2,41)42;/h3-15,28,31H,16-25H2,1-2H3;1H. The van der Waals surface area contributed by atoms with Gasteiger partial charge in [-0.1, -0.05) is 54.6 Å². The number of methoxy groups -OCH3 is 1. The zero-order valence-corrected chi connectivity index (χ0v) is 27.6. The number of amides is 2. The van der Waals surface area contributed by atoms with Gasteiger partial charge in [0.2, 0.25) is 5.91 Å². The Labute approximate surface area is 272 Å². The van der Waals surface area contributed by atoms with Crippen molar-refractivity contribution in [3.8, 4) is 5.75 Å². The first kappa shape index (κ1) is 33.0. The van der Waals surface area contributed by atoms with E-state index in [2.05, 4.69) is 29.2 Å². The van der Waals surface area contributed by atoms with Crippen LogP contribution in [0.3, 0.4) is 0 Å². The van der Waals surface area contributed by atoms with Crippen LogP contribution in [0.2, 0.25) is 0 Å². The van der Waals surface area contributed by atoms with E-state index >= 15 is 0 Å². The molecular weight excluding hydrogens is 610 g/mol. The van der Waals surface area contributed by atoms with Crippen molar-refractivity contribution in [2.24, 2.45) is 11.3 Å². The van der Waals surface area contributed by atoms with Crippen LogP contribution in [0.25, 0.3) is 0 Å². The lowest BCUT2D eigenvalue weighted by Crippen LogP contribution is -2.46. The van der Waals surface area contributed by atoms with E-state index in [9.17, 15) is 18.0 Å². The molecule has 8 nitrogen and oxygen atoms in total. The number of hydrogen-bond donors (Lipinski definition) is 0. The normalized spacial score (nSPS) is 21.6. The maximum Gasteiger partial charge on any atom is 0.257 e. The lowest BCUT2D eigenvalue weighted by atomic mass is 9.76. The molecule has 3 fully saturated rings. The fourth-order valence-electron chi connectivity index (χ4n) is 7.36. The van der Waals surface area contributed by atoms with Crippen molar-refractivity contribution in [3.05, 3.63) is 95.6 Å². The van der Waals surface area contributed by atoms with Gasteiger partial charge < -0.3 is 19.4 Å². The average Bonchev–Trinajstić information content (AvgIpc) is 3.59. The van der Waals surface area contributed by atoms with Gasteiger partial charge in [0.1, 0.15) is 5.75 Å². The molecule has 0 radical (unpaired) electrons. The molecule has 3 aliphatic heterocycles. The number of piperidine rings is 1. The van der Waals surface area contributed by atoms with Crippen molar-refractivity contribution < 1.29 is 22.7 Å². The Balaban J connectivity index is 0.00000400. The quantitative estimate of drug-likeness (QED) is 0.345. The Morgan fingerprint density at radius 1 is 0.889 bits per heavy atom. The third kappa shape index (κ3) is 6.90. The van der Waals surface area contributed by atoms with Gasteiger partial charge in [-0.15, -0.1) is 12.4 Å². The van der Waals surface area contributed by atoms with Gasteiger partial charge in [-0.25, -0.2) is 8.42 Å². The van der Waals surface area contributed by atoms with Gasteiger partial charge in [-0.2, -0.15) is 0 Å². The van der Waals surface area contributed by atoms with Crippen LogP contribution < -0.4 is 4.74 Å². The summed E-state index contributed by atoms with van der Waals surface area (Å²) in [6.07, 6.45) is 3.73. The number of carbonyl (C=O) groups excluding carboxylic acids is 2. The van der Waals surface area contributed by atoms with E-state index in [-0.39, 0.29) is 41.5 Å². The van der Waals surface area contributed by atoms with E-state index in [1.807, 2.05) is 52.3 Å². The SMILES string of the molecule is COc1ccccc1C(=O)N1CC(CN2CCC3(CC2)CCN(Cc2ccc(S(C)(=O)=O)cc2)C3=O)C(c2ccccc2)C1.Cl. The molecule has 0 saturated carbocycles. The van der Waals surface area contributed by atoms with Gasteiger partial charge in [-0.05, 0) is 73.7 Å². The second kappa shape index (κ2) is 13.5. The number of carbonyl (C=O) groups is 2. The van der Waals surface area contributed by atoms with Crippen molar-refractivity contribution >= 4 is 34.1 Å². The van der Waals surface area contributed by atoms with Crippen LogP contribution in [0.15, 0.2) is 83.8 Å². The Bertz CT molecular complexity index is 1610. The summed E-state index contributed by atoms with van der Waals surface area (Å²) in [5.74, 6) is 1.35. The van der Waals surface area contributed by atoms with Crippen molar-refractivity contribution in [2.75, 3.05) is 52.6 Å². The smallest absolute Gasteiger partial charge is 0.257 e. The molecule has 45 heavy (non-hydrogen) atoms. The minimum atomic E-state index is -3.25. The minimum Gasteiger partial charge on any atom is -0.496 e. The lowest BCUT2D eigenvalue weighted by molar-refractivity contribution is -0.139. The first-order chi connectivity index (χ1) is 21.2. The van der Waals surface area contributed by atoms with Crippen LogP contribution in [0.1, 0.15) is 46.7 Å². The summed E-state index contributed by atoms with van der Waals surface area (Å²) in [6.45, 7) is 5.19. The van der Waals surface area contributed by atoms with Crippen LogP contribution >= 0.6 is 12.4 Å². The Morgan fingerprint density at radius 3 is 2.20 bits per heavy atom. The molecule has 3 heterocycles. The third-order valence-corrected chi connectivity index (χ3v) is 11.1. The van der Waals surface area contributed by atoms with Crippen LogP contribution in [0, 0.1) is 11.3 Å². The largest absolute Gasteiger partial charge is 0.496 e. The Hall–Kier alpha value is -3.40. The lowest BCUT2D eigenvalue weighted by Gasteiger charge is -2.39. The maximum atomic E-state index is 13.7. The number of ether oxygens (including phenoxy) is 1. The molecule has 10 heteroatoms. The summed E-state index contributed by atoms with van der Waals surface area (Å²) in [4.78, 5) is 34.0. The molecule has 2 atom stereocenters. The number of hydrogen-bond acceptors (Lipinski definition) is 6. The maximum absolute atomic E-state index is 13.7. The molecule has 3 aromatic rings. The summed E-state index contributed by atoms with van der Waals surface area (Å²) in [7, 11) is -1.65. The number of benzene rings is 3. The first-order valence-corrected chi connectivity index (χ1v) is 17.3. The van der Waals surface area contributed by atoms with E-state index in [1.54, 1.807) is 19.2 Å². The highest BCUT2D eigenvalue weighted by Gasteiger charge is 2.48. The second-order valence-corrected chi connectivity index (χ2v) is 14.7. The zero-order chi connectivity index (χ0) is 30.9. The van der Waals surface area contributed by atoms with E-state index in [4.69, 9.17) is 4.74 Å². The van der Waals surface area contributed by atoms with Gasteiger partial charge in [0.15, 0.2) is 9.84 Å². The fraction of sp³-hybridized carbons (Fsp3) is 0.429. The highest BCUT2D eigenvalue weighted by Crippen LogP contribution is 2.43. The highest BCUT2D eigenvalue weighted by atomic mass is 35.5. The summed E-state index contributed by atoms with van der Waals surface area (Å²) >= 11 is 0. The third-order valence-electron chi connectivity index (χ3n) is 9.93. The molecule has 240 valence electrons. The van der Waals surface area contributed by atoms with Crippen LogP contribution in [-0.4, -0.2) is 87.6 Å². The highest BCUT2D eigenvalue weighted by molar-refractivity contribution is 7.90. The number of likely N-dealkylation sites (tertiary alicyclic amines) is 3. The van der Waals surface area contributed by atoms with Gasteiger partial charge in [-0.3, -0.25) is 9.59 Å². The molecule has 3 aliphatic rings. The van der Waals surface area contributed by atoms with E-state index < -0.39 is 9.84 Å². The van der Waals surface area contributed by atoms with Crippen molar-refractivity contribution in [2.45, 2.75) is 36.6 Å². The fourth-order valence-corrected chi connectivity index (χ4v) is 7.99. The van der Waals surface area contributed by atoms with Crippen LogP contribution in [0.5, 0.6) is 5.75 Å². The predicted octanol–water partition coefficient (Wildman–Crippen LogP) is 4.89. The first-order valence-electron chi connectivity index (χ1n) is 15.4.